The third kappa shape index (κ3) is 4.16. The van der Waals surface area contributed by atoms with E-state index in [1.807, 2.05) is 54.7 Å². The summed E-state index contributed by atoms with van der Waals surface area (Å²) in [6.45, 7) is 4.98. The topological polar surface area (TPSA) is 62.7 Å². The van der Waals surface area contributed by atoms with Crippen molar-refractivity contribution in [2.45, 2.75) is 6.54 Å². The Bertz CT molecular complexity index is 787. The van der Waals surface area contributed by atoms with E-state index in [-0.39, 0.29) is 0 Å². The normalized spacial score (nSPS) is 10.2. The molecule has 2 N–H and O–H groups in total. The zero-order valence-electron chi connectivity index (χ0n) is 13.3. The molecule has 0 radical (unpaired) electrons. The number of nitrogens with zero attached hydrogens (tertiary/aromatic N) is 3. The van der Waals surface area contributed by atoms with Gasteiger partial charge in [-0.05, 0) is 11.6 Å². The molecule has 0 unspecified atom stereocenters. The molecular formula is C19H19N5. The van der Waals surface area contributed by atoms with E-state index in [0.717, 1.165) is 22.6 Å². The van der Waals surface area contributed by atoms with Crippen molar-refractivity contribution in [1.29, 1.82) is 0 Å². The third-order valence-corrected chi connectivity index (χ3v) is 3.40. The van der Waals surface area contributed by atoms with Crippen LogP contribution in [-0.4, -0.2) is 21.5 Å². The Morgan fingerprint density at radius 3 is 2.62 bits per heavy atom. The summed E-state index contributed by atoms with van der Waals surface area (Å²) in [5, 5.41) is 6.48. The Morgan fingerprint density at radius 1 is 1.00 bits per heavy atom. The lowest BCUT2D eigenvalue weighted by Gasteiger charge is -2.11. The molecule has 1 aromatic carbocycles. The number of nitrogens with one attached hydrogen (secondary N) is 2. The molecule has 0 aliphatic heterocycles. The van der Waals surface area contributed by atoms with Gasteiger partial charge < -0.3 is 10.6 Å². The molecule has 120 valence electrons. The number of hydrogen-bond donors (Lipinski definition) is 2. The first-order chi connectivity index (χ1) is 11.8. The highest BCUT2D eigenvalue weighted by atomic mass is 15.1. The van der Waals surface area contributed by atoms with Crippen LogP contribution in [0.4, 0.5) is 11.8 Å². The SMILES string of the molecule is C=CCNc1nc(NCc2cccnc2)cc(-c2ccccc2)n1. The maximum absolute atomic E-state index is 4.57. The minimum atomic E-state index is 0.574. The van der Waals surface area contributed by atoms with Crippen LogP contribution in [0, 0.1) is 0 Å². The van der Waals surface area contributed by atoms with Crippen LogP contribution < -0.4 is 10.6 Å². The molecule has 0 atom stereocenters. The summed E-state index contributed by atoms with van der Waals surface area (Å²) < 4.78 is 0. The molecule has 0 aliphatic carbocycles. The van der Waals surface area contributed by atoms with Gasteiger partial charge in [0.2, 0.25) is 5.95 Å². The zero-order chi connectivity index (χ0) is 16.6. The quantitative estimate of drug-likeness (QED) is 0.650. The van der Waals surface area contributed by atoms with Gasteiger partial charge in [0, 0.05) is 37.1 Å². The highest BCUT2D eigenvalue weighted by Crippen LogP contribution is 2.21. The van der Waals surface area contributed by atoms with Crippen LogP contribution in [-0.2, 0) is 6.54 Å². The van der Waals surface area contributed by atoms with E-state index in [1.165, 1.54) is 0 Å². The number of benzene rings is 1. The number of hydrogen-bond acceptors (Lipinski definition) is 5. The summed E-state index contributed by atoms with van der Waals surface area (Å²) in [5.41, 5.74) is 3.01. The van der Waals surface area contributed by atoms with Crippen molar-refractivity contribution < 1.29 is 0 Å². The fourth-order valence-corrected chi connectivity index (χ4v) is 2.23. The molecule has 24 heavy (non-hydrogen) atoms. The largest absolute Gasteiger partial charge is 0.366 e. The summed E-state index contributed by atoms with van der Waals surface area (Å²) in [5.74, 6) is 1.34. The standard InChI is InChI=1S/C19H19N5/c1-2-10-21-19-23-17(16-8-4-3-5-9-16)12-18(24-19)22-14-15-7-6-11-20-13-15/h2-9,11-13H,1,10,14H2,(H2,21,22,23,24). The Kier molecular flexibility index (Phi) is 5.14. The molecule has 2 heterocycles. The monoisotopic (exact) mass is 317 g/mol. The summed E-state index contributed by atoms with van der Waals surface area (Å²) in [6.07, 6.45) is 5.38. The minimum Gasteiger partial charge on any atom is -0.366 e. The van der Waals surface area contributed by atoms with E-state index in [9.17, 15) is 0 Å². The van der Waals surface area contributed by atoms with Gasteiger partial charge in [-0.25, -0.2) is 4.98 Å². The molecule has 0 amide bonds. The Hall–Kier alpha value is -3.21. The van der Waals surface area contributed by atoms with Crippen LogP contribution in [0.15, 0.2) is 73.6 Å². The van der Waals surface area contributed by atoms with Crippen molar-refractivity contribution in [2.24, 2.45) is 0 Å². The second-order valence-electron chi connectivity index (χ2n) is 5.21. The lowest BCUT2D eigenvalue weighted by molar-refractivity contribution is 1.06. The molecule has 5 nitrogen and oxygen atoms in total. The van der Waals surface area contributed by atoms with Crippen LogP contribution in [0.25, 0.3) is 11.3 Å². The molecular weight excluding hydrogens is 298 g/mol. The second-order valence-corrected chi connectivity index (χ2v) is 5.21. The average Bonchev–Trinajstić information content (AvgIpc) is 2.66. The van der Waals surface area contributed by atoms with Gasteiger partial charge in [0.1, 0.15) is 5.82 Å². The van der Waals surface area contributed by atoms with Gasteiger partial charge in [0.25, 0.3) is 0 Å². The first-order valence-corrected chi connectivity index (χ1v) is 7.77. The fraction of sp³-hybridized carbons (Fsp3) is 0.105. The minimum absolute atomic E-state index is 0.574. The van der Waals surface area contributed by atoms with Crippen LogP contribution in [0.2, 0.25) is 0 Å². The van der Waals surface area contributed by atoms with Crippen LogP contribution in [0.3, 0.4) is 0 Å². The Labute approximate surface area is 141 Å². The van der Waals surface area contributed by atoms with Gasteiger partial charge in [-0.15, -0.1) is 6.58 Å². The van der Waals surface area contributed by atoms with Crippen molar-refractivity contribution in [2.75, 3.05) is 17.2 Å². The van der Waals surface area contributed by atoms with E-state index in [1.54, 1.807) is 12.3 Å². The van der Waals surface area contributed by atoms with Crippen molar-refractivity contribution in [3.8, 4) is 11.3 Å². The first kappa shape index (κ1) is 15.7. The molecule has 0 spiro atoms. The molecule has 0 saturated heterocycles. The van der Waals surface area contributed by atoms with Crippen molar-refractivity contribution in [3.63, 3.8) is 0 Å². The molecule has 3 aromatic rings. The van der Waals surface area contributed by atoms with E-state index in [0.29, 0.717) is 19.0 Å². The third-order valence-electron chi connectivity index (χ3n) is 3.40. The molecule has 0 aliphatic rings. The van der Waals surface area contributed by atoms with Crippen LogP contribution in [0.5, 0.6) is 0 Å². The predicted octanol–water partition coefficient (Wildman–Crippen LogP) is 3.75. The number of rotatable bonds is 7. The number of aromatic nitrogens is 3. The van der Waals surface area contributed by atoms with Gasteiger partial charge >= 0.3 is 0 Å². The molecule has 5 heteroatoms. The lowest BCUT2D eigenvalue weighted by Crippen LogP contribution is -2.08. The summed E-state index contributed by atoms with van der Waals surface area (Å²) in [6, 6.07) is 15.9. The van der Waals surface area contributed by atoms with Gasteiger partial charge in [-0.2, -0.15) is 4.98 Å². The Balaban J connectivity index is 1.85. The molecule has 3 rings (SSSR count). The predicted molar refractivity (Wildman–Crippen MR) is 97.7 cm³/mol. The summed E-state index contributed by atoms with van der Waals surface area (Å²) in [4.78, 5) is 13.2. The Morgan fingerprint density at radius 2 is 1.88 bits per heavy atom. The average molecular weight is 317 g/mol. The summed E-state index contributed by atoms with van der Waals surface area (Å²) in [7, 11) is 0. The molecule has 0 fully saturated rings. The van der Waals surface area contributed by atoms with Gasteiger partial charge in [-0.3, -0.25) is 4.98 Å². The number of pyridine rings is 1. The first-order valence-electron chi connectivity index (χ1n) is 7.77. The molecule has 2 aromatic heterocycles. The van der Waals surface area contributed by atoms with Gasteiger partial charge in [-0.1, -0.05) is 42.5 Å². The van der Waals surface area contributed by atoms with E-state index < -0.39 is 0 Å². The maximum Gasteiger partial charge on any atom is 0.225 e. The highest BCUT2D eigenvalue weighted by Gasteiger charge is 2.06. The van der Waals surface area contributed by atoms with E-state index >= 15 is 0 Å². The van der Waals surface area contributed by atoms with Crippen LogP contribution in [0.1, 0.15) is 5.56 Å². The van der Waals surface area contributed by atoms with Crippen molar-refractivity contribution in [1.82, 2.24) is 15.0 Å². The maximum atomic E-state index is 4.57. The molecule has 0 saturated carbocycles. The second kappa shape index (κ2) is 7.87. The number of anilines is 2. The van der Waals surface area contributed by atoms with Gasteiger partial charge in [0.05, 0.1) is 5.69 Å². The van der Waals surface area contributed by atoms with E-state index in [4.69, 9.17) is 0 Å². The smallest absolute Gasteiger partial charge is 0.225 e. The van der Waals surface area contributed by atoms with Crippen molar-refractivity contribution >= 4 is 11.8 Å². The van der Waals surface area contributed by atoms with Crippen LogP contribution >= 0.6 is 0 Å². The van der Waals surface area contributed by atoms with E-state index in [2.05, 4.69) is 32.2 Å². The zero-order valence-corrected chi connectivity index (χ0v) is 13.3. The lowest BCUT2D eigenvalue weighted by atomic mass is 10.1. The fourth-order valence-electron chi connectivity index (χ4n) is 2.23. The summed E-state index contributed by atoms with van der Waals surface area (Å²) >= 11 is 0. The van der Waals surface area contributed by atoms with Crippen molar-refractivity contribution in [3.05, 3.63) is 79.1 Å². The van der Waals surface area contributed by atoms with Gasteiger partial charge in [0.15, 0.2) is 0 Å². The highest BCUT2D eigenvalue weighted by molar-refractivity contribution is 5.64. The molecule has 0 bridgehead atoms.